The van der Waals surface area contributed by atoms with E-state index in [9.17, 15) is 5.11 Å². The van der Waals surface area contributed by atoms with Gasteiger partial charge >= 0.3 is 0 Å². The van der Waals surface area contributed by atoms with Crippen molar-refractivity contribution in [3.63, 3.8) is 0 Å². The van der Waals surface area contributed by atoms with Gasteiger partial charge in [0.2, 0.25) is 0 Å². The first-order chi connectivity index (χ1) is 9.61. The molecule has 0 saturated carbocycles. The average Bonchev–Trinajstić information content (AvgIpc) is 2.43. The average molecular weight is 276 g/mol. The van der Waals surface area contributed by atoms with Gasteiger partial charge in [-0.25, -0.2) is 0 Å². The minimum atomic E-state index is 0.279. The zero-order valence-electron chi connectivity index (χ0n) is 13.0. The molecule has 0 aliphatic carbocycles. The molecule has 0 aromatic heterocycles. The predicted octanol–water partition coefficient (Wildman–Crippen LogP) is 2.27. The highest BCUT2D eigenvalue weighted by Crippen LogP contribution is 2.19. The third-order valence-corrected chi connectivity index (χ3v) is 4.46. The molecule has 112 valence electrons. The number of benzene rings is 1. The molecule has 1 aromatic carbocycles. The van der Waals surface area contributed by atoms with Gasteiger partial charge in [0.1, 0.15) is 0 Å². The molecule has 1 saturated heterocycles. The van der Waals surface area contributed by atoms with Crippen LogP contribution in [0.4, 0.5) is 0 Å². The Morgan fingerprint density at radius 2 is 2.00 bits per heavy atom. The summed E-state index contributed by atoms with van der Waals surface area (Å²) in [7, 11) is 0. The first kappa shape index (κ1) is 15.5. The van der Waals surface area contributed by atoms with Crippen molar-refractivity contribution < 1.29 is 5.11 Å². The maximum absolute atomic E-state index is 9.34. The topological polar surface area (TPSA) is 26.7 Å². The van der Waals surface area contributed by atoms with Crippen LogP contribution in [0.15, 0.2) is 24.3 Å². The molecule has 3 nitrogen and oxygen atoms in total. The Balaban J connectivity index is 2.04. The summed E-state index contributed by atoms with van der Waals surface area (Å²) >= 11 is 0. The lowest BCUT2D eigenvalue weighted by atomic mass is 10.0. The monoisotopic (exact) mass is 276 g/mol. The summed E-state index contributed by atoms with van der Waals surface area (Å²) in [4.78, 5) is 5.06. The van der Waals surface area contributed by atoms with Gasteiger partial charge in [-0.05, 0) is 38.3 Å². The highest BCUT2D eigenvalue weighted by molar-refractivity contribution is 5.25. The van der Waals surface area contributed by atoms with E-state index in [0.717, 1.165) is 32.6 Å². The van der Waals surface area contributed by atoms with Gasteiger partial charge < -0.3 is 5.11 Å². The zero-order valence-corrected chi connectivity index (χ0v) is 13.0. The fourth-order valence-electron chi connectivity index (χ4n) is 3.02. The van der Waals surface area contributed by atoms with Crippen LogP contribution in [-0.2, 0) is 6.54 Å². The molecule has 2 rings (SSSR count). The molecule has 0 unspecified atom stereocenters. The number of hydrogen-bond donors (Lipinski definition) is 1. The van der Waals surface area contributed by atoms with Crippen LogP contribution in [0, 0.1) is 6.92 Å². The molecule has 3 heteroatoms. The molecule has 0 spiro atoms. The number of aliphatic hydroxyl groups is 1. The molecule has 1 heterocycles. The van der Waals surface area contributed by atoms with Gasteiger partial charge in [-0.15, -0.1) is 0 Å². The summed E-state index contributed by atoms with van der Waals surface area (Å²) in [6.45, 7) is 11.3. The van der Waals surface area contributed by atoms with Crippen LogP contribution in [0.5, 0.6) is 0 Å². The van der Waals surface area contributed by atoms with E-state index in [1.54, 1.807) is 0 Å². The molecule has 1 aliphatic rings. The Labute approximate surface area is 123 Å². The lowest BCUT2D eigenvalue weighted by molar-refractivity contribution is 0.0388. The normalized spacial score (nSPS) is 21.6. The predicted molar refractivity (Wildman–Crippen MR) is 83.8 cm³/mol. The molecule has 0 bridgehead atoms. The van der Waals surface area contributed by atoms with Gasteiger partial charge in [0.15, 0.2) is 0 Å². The van der Waals surface area contributed by atoms with Crippen LogP contribution >= 0.6 is 0 Å². The van der Waals surface area contributed by atoms with Crippen molar-refractivity contribution in [3.05, 3.63) is 35.4 Å². The van der Waals surface area contributed by atoms with Crippen molar-refractivity contribution in [3.8, 4) is 0 Å². The van der Waals surface area contributed by atoms with E-state index in [2.05, 4.69) is 54.8 Å². The lowest BCUT2D eigenvalue weighted by Gasteiger charge is -2.43. The first-order valence-corrected chi connectivity index (χ1v) is 7.75. The number of piperazine rings is 1. The molecule has 0 radical (unpaired) electrons. The van der Waals surface area contributed by atoms with Gasteiger partial charge in [-0.1, -0.05) is 24.3 Å². The van der Waals surface area contributed by atoms with E-state index < -0.39 is 0 Å². The Morgan fingerprint density at radius 3 is 2.65 bits per heavy atom. The molecular weight excluding hydrogens is 248 g/mol. The molecule has 1 atom stereocenters. The standard InChI is InChI=1S/C17H28N2O/c1-14(2)18-9-10-19(17(13-18)8-11-20)12-16-7-5-4-6-15(16)3/h4-7,14,17,20H,8-13H2,1-3H3/t17-/m1/s1. The van der Waals surface area contributed by atoms with Gasteiger partial charge in [0.05, 0.1) is 0 Å². The van der Waals surface area contributed by atoms with Crippen molar-refractivity contribution in [1.82, 2.24) is 9.80 Å². The SMILES string of the molecule is Cc1ccccc1CN1CCN(C(C)C)C[C@H]1CCO. The second-order valence-corrected chi connectivity index (χ2v) is 6.15. The number of aryl methyl sites for hydroxylation is 1. The highest BCUT2D eigenvalue weighted by atomic mass is 16.3. The molecule has 20 heavy (non-hydrogen) atoms. The van der Waals surface area contributed by atoms with E-state index in [1.165, 1.54) is 11.1 Å². The fourth-order valence-corrected chi connectivity index (χ4v) is 3.02. The molecule has 1 aliphatic heterocycles. The Morgan fingerprint density at radius 1 is 1.25 bits per heavy atom. The van der Waals surface area contributed by atoms with Crippen LogP contribution in [0.25, 0.3) is 0 Å². The maximum atomic E-state index is 9.34. The smallest absolute Gasteiger partial charge is 0.0446 e. The summed E-state index contributed by atoms with van der Waals surface area (Å²) in [5.41, 5.74) is 2.77. The van der Waals surface area contributed by atoms with Crippen molar-refractivity contribution in [2.24, 2.45) is 0 Å². The van der Waals surface area contributed by atoms with Gasteiger partial charge in [0.25, 0.3) is 0 Å². The molecule has 0 amide bonds. The minimum absolute atomic E-state index is 0.279. The Bertz CT molecular complexity index is 419. The Kier molecular flexibility index (Phi) is 5.58. The third kappa shape index (κ3) is 3.81. The van der Waals surface area contributed by atoms with Crippen LogP contribution < -0.4 is 0 Å². The van der Waals surface area contributed by atoms with Gasteiger partial charge in [-0.3, -0.25) is 9.80 Å². The second-order valence-electron chi connectivity index (χ2n) is 6.15. The van der Waals surface area contributed by atoms with Crippen LogP contribution in [0.1, 0.15) is 31.4 Å². The van der Waals surface area contributed by atoms with E-state index >= 15 is 0 Å². The summed E-state index contributed by atoms with van der Waals surface area (Å²) in [5, 5.41) is 9.34. The van der Waals surface area contributed by atoms with Crippen LogP contribution in [0.2, 0.25) is 0 Å². The van der Waals surface area contributed by atoms with E-state index in [1.807, 2.05) is 0 Å². The van der Waals surface area contributed by atoms with Crippen LogP contribution in [-0.4, -0.2) is 53.2 Å². The molecule has 1 N–H and O–H groups in total. The molecule has 1 fully saturated rings. The quantitative estimate of drug-likeness (QED) is 0.894. The summed E-state index contributed by atoms with van der Waals surface area (Å²) in [6.07, 6.45) is 0.870. The Hall–Kier alpha value is -0.900. The summed E-state index contributed by atoms with van der Waals surface area (Å²) in [6, 6.07) is 9.68. The van der Waals surface area contributed by atoms with E-state index in [-0.39, 0.29) is 6.61 Å². The number of aliphatic hydroxyl groups excluding tert-OH is 1. The van der Waals surface area contributed by atoms with Crippen LogP contribution in [0.3, 0.4) is 0 Å². The lowest BCUT2D eigenvalue weighted by Crippen LogP contribution is -2.54. The highest BCUT2D eigenvalue weighted by Gasteiger charge is 2.27. The van der Waals surface area contributed by atoms with Gasteiger partial charge in [0, 0.05) is 44.9 Å². The van der Waals surface area contributed by atoms with E-state index in [4.69, 9.17) is 0 Å². The fraction of sp³-hybridized carbons (Fsp3) is 0.647. The number of rotatable bonds is 5. The molecular formula is C17H28N2O. The zero-order chi connectivity index (χ0) is 14.5. The minimum Gasteiger partial charge on any atom is -0.396 e. The van der Waals surface area contributed by atoms with Gasteiger partial charge in [-0.2, -0.15) is 0 Å². The third-order valence-electron chi connectivity index (χ3n) is 4.46. The molecule has 1 aromatic rings. The van der Waals surface area contributed by atoms with Crippen molar-refractivity contribution in [2.75, 3.05) is 26.2 Å². The summed E-state index contributed by atoms with van der Waals surface area (Å²) < 4.78 is 0. The largest absolute Gasteiger partial charge is 0.396 e. The van der Waals surface area contributed by atoms with E-state index in [0.29, 0.717) is 12.1 Å². The van der Waals surface area contributed by atoms with Crippen molar-refractivity contribution in [1.29, 1.82) is 0 Å². The number of nitrogens with zero attached hydrogens (tertiary/aromatic N) is 2. The number of hydrogen-bond acceptors (Lipinski definition) is 3. The summed E-state index contributed by atoms with van der Waals surface area (Å²) in [5.74, 6) is 0. The second kappa shape index (κ2) is 7.21. The van der Waals surface area contributed by atoms with Crippen molar-refractivity contribution >= 4 is 0 Å². The van der Waals surface area contributed by atoms with Crippen molar-refractivity contribution in [2.45, 2.75) is 45.8 Å². The first-order valence-electron chi connectivity index (χ1n) is 7.75. The maximum Gasteiger partial charge on any atom is 0.0446 e.